The Balaban J connectivity index is 1.98. The maximum Gasteiger partial charge on any atom is 0.416 e. The molecule has 33 heavy (non-hydrogen) atoms. The predicted octanol–water partition coefficient (Wildman–Crippen LogP) is 2.69. The van der Waals surface area contributed by atoms with Crippen molar-refractivity contribution < 1.29 is 45.8 Å². The molecule has 2 atom stereocenters. The van der Waals surface area contributed by atoms with Crippen molar-refractivity contribution in [3.8, 4) is 11.5 Å². The Morgan fingerprint density at radius 1 is 1.33 bits per heavy atom. The first-order chi connectivity index (χ1) is 15.3. The monoisotopic (exact) mass is 508 g/mol. The number of benzene rings is 2. The number of carboxylic acid groups (broad SMARTS) is 1. The van der Waals surface area contributed by atoms with Crippen LogP contribution in [0.1, 0.15) is 34.0 Å². The van der Waals surface area contributed by atoms with Crippen molar-refractivity contribution in [2.45, 2.75) is 24.7 Å². The average molecular weight is 509 g/mol. The number of hydrogen-bond donors (Lipinski definition) is 3. The number of ether oxygens (including phenoxy) is 2. The third-order valence-corrected chi connectivity index (χ3v) is 5.51. The minimum absolute atomic E-state index is 0.00154. The van der Waals surface area contributed by atoms with Gasteiger partial charge in [0.2, 0.25) is 0 Å². The summed E-state index contributed by atoms with van der Waals surface area (Å²) in [6, 6.07) is 4.97. The molecule has 0 spiro atoms. The zero-order valence-electron chi connectivity index (χ0n) is 16.4. The molecule has 0 aromatic heterocycles. The Morgan fingerprint density at radius 2 is 2.03 bits per heavy atom. The van der Waals surface area contributed by atoms with E-state index in [1.54, 1.807) is 10.8 Å². The van der Waals surface area contributed by atoms with Crippen LogP contribution in [-0.4, -0.2) is 37.9 Å². The van der Waals surface area contributed by atoms with Crippen LogP contribution in [0.3, 0.4) is 0 Å². The Labute approximate surface area is 190 Å². The fraction of sp³-hybridized carbons (Fsp3) is 0.263. The number of Topliss-reactive ketones (excluding diaryl/α,β-unsaturated/α-hetero) is 1. The number of halogens is 4. The van der Waals surface area contributed by atoms with E-state index in [9.17, 15) is 31.2 Å². The molecule has 9 nitrogen and oxygen atoms in total. The average Bonchev–Trinajstić information content (AvgIpc) is 2.70. The molecule has 3 rings (SSSR count). The Kier molecular flexibility index (Phi) is 6.88. The van der Waals surface area contributed by atoms with Gasteiger partial charge < -0.3 is 14.6 Å². The van der Waals surface area contributed by atoms with Gasteiger partial charge in [0.25, 0.3) is 10.2 Å². The van der Waals surface area contributed by atoms with Gasteiger partial charge in [0.05, 0.1) is 22.6 Å². The molecule has 178 valence electrons. The first-order valence-electron chi connectivity index (χ1n) is 9.11. The van der Waals surface area contributed by atoms with Crippen LogP contribution in [0.25, 0.3) is 0 Å². The fourth-order valence-corrected chi connectivity index (χ4v) is 3.90. The minimum atomic E-state index is -4.76. The molecule has 0 aliphatic carbocycles. The second-order valence-electron chi connectivity index (χ2n) is 6.97. The molecular formula is C19H16ClF3N2O7S. The lowest BCUT2D eigenvalue weighted by atomic mass is 9.95. The Bertz CT molecular complexity index is 1200. The number of nitrogens with two attached hydrogens (primary N) is 1. The van der Waals surface area contributed by atoms with Crippen molar-refractivity contribution >= 4 is 33.6 Å². The van der Waals surface area contributed by atoms with E-state index in [-0.39, 0.29) is 34.1 Å². The highest BCUT2D eigenvalue weighted by atomic mass is 35.5. The van der Waals surface area contributed by atoms with Crippen molar-refractivity contribution in [1.82, 2.24) is 4.72 Å². The van der Waals surface area contributed by atoms with Crippen LogP contribution in [0.2, 0.25) is 5.02 Å². The molecule has 0 amide bonds. The van der Waals surface area contributed by atoms with E-state index in [4.69, 9.17) is 31.3 Å². The summed E-state index contributed by atoms with van der Waals surface area (Å²) in [7, 11) is -4.46. The maximum atomic E-state index is 13.2. The molecule has 0 bridgehead atoms. The first kappa shape index (κ1) is 24.8. The number of fused-ring (bicyclic) bond motifs is 1. The number of nitrogens with one attached hydrogen (secondary N) is 1. The summed E-state index contributed by atoms with van der Waals surface area (Å²) in [6.45, 7) is -0.905. The quantitative estimate of drug-likeness (QED) is 0.521. The standard InChI is InChI=1S/C19H16ClF3N2O7S/c20-12-3-1-2-10-14(26)7-16(32-17(10)12)11-5-4-9(19(21,22)23)6-15(11)31-8-13(18(27)28)25-33(24,29)30/h1-6,13,16,25H,7-8H2,(H,27,28)(H2,24,29,30)/t13-,16-/m1/s1. The van der Waals surface area contributed by atoms with Crippen molar-refractivity contribution in [1.29, 1.82) is 0 Å². The van der Waals surface area contributed by atoms with E-state index in [1.807, 2.05) is 0 Å². The first-order valence-corrected chi connectivity index (χ1v) is 11.0. The second kappa shape index (κ2) is 9.17. The summed E-state index contributed by atoms with van der Waals surface area (Å²) in [5.74, 6) is -2.47. The highest BCUT2D eigenvalue weighted by Crippen LogP contribution is 2.43. The third kappa shape index (κ3) is 5.93. The summed E-state index contributed by atoms with van der Waals surface area (Å²) in [5, 5.41) is 14.0. The van der Waals surface area contributed by atoms with Gasteiger partial charge in [0.15, 0.2) is 11.8 Å². The topological polar surface area (TPSA) is 145 Å². The van der Waals surface area contributed by atoms with E-state index in [0.717, 1.165) is 12.1 Å². The zero-order valence-corrected chi connectivity index (χ0v) is 18.0. The molecular weight excluding hydrogens is 493 g/mol. The minimum Gasteiger partial charge on any atom is -0.491 e. The van der Waals surface area contributed by atoms with Gasteiger partial charge in [-0.2, -0.15) is 26.3 Å². The molecule has 0 radical (unpaired) electrons. The van der Waals surface area contributed by atoms with Gasteiger partial charge in [-0.3, -0.25) is 9.59 Å². The van der Waals surface area contributed by atoms with Crippen LogP contribution in [0, 0.1) is 0 Å². The number of alkyl halides is 3. The summed E-state index contributed by atoms with van der Waals surface area (Å²) in [5.41, 5.74) is -0.911. The van der Waals surface area contributed by atoms with Crippen LogP contribution in [0.5, 0.6) is 11.5 Å². The van der Waals surface area contributed by atoms with E-state index < -0.39 is 52.4 Å². The van der Waals surface area contributed by atoms with E-state index in [2.05, 4.69) is 0 Å². The van der Waals surface area contributed by atoms with Crippen molar-refractivity contribution in [3.63, 3.8) is 0 Å². The number of hydrogen-bond acceptors (Lipinski definition) is 6. The smallest absolute Gasteiger partial charge is 0.416 e. The largest absolute Gasteiger partial charge is 0.491 e. The number of rotatable bonds is 7. The van der Waals surface area contributed by atoms with E-state index >= 15 is 0 Å². The summed E-state index contributed by atoms with van der Waals surface area (Å²) in [6.07, 6.45) is -6.12. The zero-order chi connectivity index (χ0) is 24.6. The Hall–Kier alpha value is -2.87. The number of carbonyl (C=O) groups excluding carboxylic acids is 1. The normalized spacial score (nSPS) is 17.1. The fourth-order valence-electron chi connectivity index (χ4n) is 3.11. The number of carboxylic acids is 1. The van der Waals surface area contributed by atoms with Gasteiger partial charge in [-0.25, -0.2) is 5.14 Å². The third-order valence-electron chi connectivity index (χ3n) is 4.60. The Morgan fingerprint density at radius 3 is 2.64 bits per heavy atom. The van der Waals surface area contributed by atoms with Crippen LogP contribution >= 0.6 is 11.6 Å². The lowest BCUT2D eigenvalue weighted by Gasteiger charge is -2.28. The second-order valence-corrected chi connectivity index (χ2v) is 8.70. The van der Waals surface area contributed by atoms with Gasteiger partial charge >= 0.3 is 12.1 Å². The van der Waals surface area contributed by atoms with E-state index in [0.29, 0.717) is 6.07 Å². The van der Waals surface area contributed by atoms with Crippen LogP contribution in [0.15, 0.2) is 36.4 Å². The van der Waals surface area contributed by atoms with Crippen LogP contribution in [0.4, 0.5) is 13.2 Å². The summed E-state index contributed by atoms with van der Waals surface area (Å²) < 4.78 is 74.7. The molecule has 14 heteroatoms. The lowest BCUT2D eigenvalue weighted by molar-refractivity contribution is -0.140. The highest BCUT2D eigenvalue weighted by Gasteiger charge is 2.35. The van der Waals surface area contributed by atoms with Crippen LogP contribution < -0.4 is 19.3 Å². The molecule has 2 aromatic carbocycles. The number of aliphatic carboxylic acids is 1. The molecule has 1 heterocycles. The van der Waals surface area contributed by atoms with Crippen LogP contribution in [-0.2, 0) is 21.2 Å². The van der Waals surface area contributed by atoms with Crippen molar-refractivity contribution in [2.75, 3.05) is 6.61 Å². The summed E-state index contributed by atoms with van der Waals surface area (Å²) in [4.78, 5) is 23.8. The van der Waals surface area contributed by atoms with Gasteiger partial charge in [-0.1, -0.05) is 23.7 Å². The number of para-hydroxylation sites is 1. The van der Waals surface area contributed by atoms with E-state index in [1.165, 1.54) is 12.1 Å². The molecule has 0 fully saturated rings. The molecule has 0 saturated carbocycles. The molecule has 4 N–H and O–H groups in total. The molecule has 1 aliphatic heterocycles. The van der Waals surface area contributed by atoms with Gasteiger partial charge in [-0.05, 0) is 24.3 Å². The van der Waals surface area contributed by atoms with Gasteiger partial charge in [-0.15, -0.1) is 0 Å². The molecule has 0 unspecified atom stereocenters. The molecule has 1 aliphatic rings. The lowest BCUT2D eigenvalue weighted by Crippen LogP contribution is -2.47. The predicted molar refractivity (Wildman–Crippen MR) is 108 cm³/mol. The van der Waals surface area contributed by atoms with Crippen molar-refractivity contribution in [3.05, 3.63) is 58.1 Å². The van der Waals surface area contributed by atoms with Gasteiger partial charge in [0, 0.05) is 5.56 Å². The highest BCUT2D eigenvalue weighted by molar-refractivity contribution is 7.87. The number of ketones is 1. The summed E-state index contributed by atoms with van der Waals surface area (Å²) >= 11 is 6.08. The van der Waals surface area contributed by atoms with Crippen molar-refractivity contribution in [2.24, 2.45) is 5.14 Å². The SMILES string of the molecule is NS(=O)(=O)N[C@H](COc1cc(C(F)(F)F)ccc1[C@H]1CC(=O)c2cccc(Cl)c2O1)C(=O)O. The maximum absolute atomic E-state index is 13.2. The van der Waals surface area contributed by atoms with Gasteiger partial charge in [0.1, 0.15) is 24.2 Å². The number of carbonyl (C=O) groups is 2. The molecule has 2 aromatic rings. The molecule has 0 saturated heterocycles.